The zero-order chi connectivity index (χ0) is 14.6. The summed E-state index contributed by atoms with van der Waals surface area (Å²) in [6.45, 7) is 1.97. The van der Waals surface area contributed by atoms with E-state index in [2.05, 4.69) is 10.3 Å². The summed E-state index contributed by atoms with van der Waals surface area (Å²) in [6.07, 6.45) is 5.64. The summed E-state index contributed by atoms with van der Waals surface area (Å²) >= 11 is 0. The smallest absolute Gasteiger partial charge is 0.260 e. The minimum atomic E-state index is -0.830. The number of aryl methyl sites for hydroxylation is 1. The molecular formula is C15H22N2O3. The van der Waals surface area contributed by atoms with Gasteiger partial charge in [-0.2, -0.15) is 0 Å². The molecule has 1 aliphatic rings. The van der Waals surface area contributed by atoms with Crippen molar-refractivity contribution in [3.05, 3.63) is 33.7 Å². The van der Waals surface area contributed by atoms with E-state index >= 15 is 0 Å². The molecule has 0 aliphatic heterocycles. The average Bonchev–Trinajstić information content (AvgIpc) is 2.61. The summed E-state index contributed by atoms with van der Waals surface area (Å²) in [5.74, 6) is -0.427. The highest BCUT2D eigenvalue weighted by Crippen LogP contribution is 2.26. The van der Waals surface area contributed by atoms with Gasteiger partial charge >= 0.3 is 0 Å². The van der Waals surface area contributed by atoms with Crippen LogP contribution in [0.1, 0.15) is 54.6 Å². The molecule has 1 saturated carbocycles. The van der Waals surface area contributed by atoms with Gasteiger partial charge in [-0.1, -0.05) is 25.7 Å². The van der Waals surface area contributed by atoms with Gasteiger partial charge in [0.25, 0.3) is 11.5 Å². The van der Waals surface area contributed by atoms with Crippen LogP contribution in [0.25, 0.3) is 0 Å². The van der Waals surface area contributed by atoms with Crippen LogP contribution in [-0.2, 0) is 0 Å². The molecule has 2 rings (SSSR count). The van der Waals surface area contributed by atoms with E-state index in [-0.39, 0.29) is 12.1 Å². The molecule has 0 saturated heterocycles. The Balaban J connectivity index is 1.99. The Hall–Kier alpha value is -1.62. The SMILES string of the molecule is Cc1ccc(C(=O)NCC2(O)CCCCCC2)c(=O)[nH]1. The van der Waals surface area contributed by atoms with E-state index in [1.54, 1.807) is 13.0 Å². The maximum absolute atomic E-state index is 12.0. The first kappa shape index (κ1) is 14.8. The van der Waals surface area contributed by atoms with Gasteiger partial charge < -0.3 is 15.4 Å². The number of amides is 1. The summed E-state index contributed by atoms with van der Waals surface area (Å²) in [5.41, 5.74) is -0.416. The second-order valence-corrected chi connectivity index (χ2v) is 5.71. The van der Waals surface area contributed by atoms with E-state index in [0.29, 0.717) is 18.5 Å². The molecule has 110 valence electrons. The summed E-state index contributed by atoms with van der Waals surface area (Å²) in [5, 5.41) is 13.1. The monoisotopic (exact) mass is 278 g/mol. The minimum Gasteiger partial charge on any atom is -0.388 e. The van der Waals surface area contributed by atoms with E-state index in [4.69, 9.17) is 0 Å². The van der Waals surface area contributed by atoms with Gasteiger partial charge in [-0.15, -0.1) is 0 Å². The lowest BCUT2D eigenvalue weighted by atomic mass is 9.94. The maximum atomic E-state index is 12.0. The number of aromatic amines is 1. The average molecular weight is 278 g/mol. The topological polar surface area (TPSA) is 82.2 Å². The zero-order valence-electron chi connectivity index (χ0n) is 11.9. The Morgan fingerprint density at radius 3 is 2.55 bits per heavy atom. The quantitative estimate of drug-likeness (QED) is 0.733. The van der Waals surface area contributed by atoms with Crippen molar-refractivity contribution >= 4 is 5.91 Å². The lowest BCUT2D eigenvalue weighted by Crippen LogP contribution is -2.43. The number of H-pyrrole nitrogens is 1. The van der Waals surface area contributed by atoms with Crippen molar-refractivity contribution < 1.29 is 9.90 Å². The fourth-order valence-electron chi connectivity index (χ4n) is 2.65. The van der Waals surface area contributed by atoms with Crippen LogP contribution in [0.15, 0.2) is 16.9 Å². The molecule has 5 nitrogen and oxygen atoms in total. The Labute approximate surface area is 118 Å². The molecule has 1 amide bonds. The predicted molar refractivity (Wildman–Crippen MR) is 76.8 cm³/mol. The van der Waals surface area contributed by atoms with Crippen LogP contribution < -0.4 is 10.9 Å². The summed E-state index contributed by atoms with van der Waals surface area (Å²) in [4.78, 5) is 26.3. The van der Waals surface area contributed by atoms with Gasteiger partial charge in [-0.05, 0) is 31.9 Å². The summed E-state index contributed by atoms with van der Waals surface area (Å²) in [7, 11) is 0. The fraction of sp³-hybridized carbons (Fsp3) is 0.600. The molecule has 1 aromatic heterocycles. The van der Waals surface area contributed by atoms with Crippen LogP contribution in [0, 0.1) is 6.92 Å². The van der Waals surface area contributed by atoms with Crippen molar-refractivity contribution in [1.82, 2.24) is 10.3 Å². The van der Waals surface area contributed by atoms with Crippen LogP contribution >= 0.6 is 0 Å². The molecule has 0 unspecified atom stereocenters. The Bertz CT molecular complexity index is 528. The van der Waals surface area contributed by atoms with E-state index in [9.17, 15) is 14.7 Å². The number of aromatic nitrogens is 1. The van der Waals surface area contributed by atoms with E-state index in [0.717, 1.165) is 25.7 Å². The van der Waals surface area contributed by atoms with Gasteiger partial charge in [-0.25, -0.2) is 0 Å². The number of rotatable bonds is 3. The Morgan fingerprint density at radius 2 is 1.95 bits per heavy atom. The number of carbonyl (C=O) groups excluding carboxylic acids is 1. The first-order chi connectivity index (χ1) is 9.50. The van der Waals surface area contributed by atoms with Crippen molar-refractivity contribution in [3.8, 4) is 0 Å². The Morgan fingerprint density at radius 1 is 1.30 bits per heavy atom. The molecule has 3 N–H and O–H groups in total. The summed E-state index contributed by atoms with van der Waals surface area (Å²) in [6, 6.07) is 3.21. The van der Waals surface area contributed by atoms with Crippen molar-refractivity contribution in [2.75, 3.05) is 6.54 Å². The van der Waals surface area contributed by atoms with Crippen LogP contribution in [0.5, 0.6) is 0 Å². The summed E-state index contributed by atoms with van der Waals surface area (Å²) < 4.78 is 0. The fourth-order valence-corrected chi connectivity index (χ4v) is 2.65. The third-order valence-electron chi connectivity index (χ3n) is 3.91. The molecule has 1 aromatic rings. The van der Waals surface area contributed by atoms with Crippen LogP contribution in [0.4, 0.5) is 0 Å². The van der Waals surface area contributed by atoms with Crippen LogP contribution in [-0.4, -0.2) is 28.1 Å². The van der Waals surface area contributed by atoms with E-state index < -0.39 is 17.1 Å². The minimum absolute atomic E-state index is 0.0906. The number of hydrogen-bond donors (Lipinski definition) is 3. The van der Waals surface area contributed by atoms with Crippen molar-refractivity contribution in [2.24, 2.45) is 0 Å². The van der Waals surface area contributed by atoms with Gasteiger partial charge in [0.1, 0.15) is 5.56 Å². The molecule has 5 heteroatoms. The van der Waals surface area contributed by atoms with Crippen molar-refractivity contribution in [1.29, 1.82) is 0 Å². The highest BCUT2D eigenvalue weighted by molar-refractivity contribution is 5.93. The number of aliphatic hydroxyl groups is 1. The van der Waals surface area contributed by atoms with Gasteiger partial charge in [0, 0.05) is 12.2 Å². The highest BCUT2D eigenvalue weighted by atomic mass is 16.3. The van der Waals surface area contributed by atoms with Crippen LogP contribution in [0.2, 0.25) is 0 Å². The predicted octanol–water partition coefficient (Wildman–Crippen LogP) is 1.50. The van der Waals surface area contributed by atoms with Crippen molar-refractivity contribution in [3.63, 3.8) is 0 Å². The normalized spacial score (nSPS) is 18.3. The van der Waals surface area contributed by atoms with Gasteiger partial charge in [0.15, 0.2) is 0 Å². The largest absolute Gasteiger partial charge is 0.388 e. The standard InChI is InChI=1S/C15H22N2O3/c1-11-6-7-12(14(19)17-11)13(18)16-10-15(20)8-4-2-3-5-9-15/h6-7,20H,2-5,8-10H2,1H3,(H,16,18)(H,17,19). The molecule has 1 heterocycles. The highest BCUT2D eigenvalue weighted by Gasteiger charge is 2.28. The molecule has 20 heavy (non-hydrogen) atoms. The number of hydrogen-bond acceptors (Lipinski definition) is 3. The second kappa shape index (κ2) is 6.22. The molecule has 0 bridgehead atoms. The van der Waals surface area contributed by atoms with Crippen molar-refractivity contribution in [2.45, 2.75) is 51.0 Å². The second-order valence-electron chi connectivity index (χ2n) is 5.71. The van der Waals surface area contributed by atoms with E-state index in [1.807, 2.05) is 0 Å². The maximum Gasteiger partial charge on any atom is 0.260 e. The zero-order valence-corrected chi connectivity index (χ0v) is 11.9. The lowest BCUT2D eigenvalue weighted by Gasteiger charge is -2.26. The third kappa shape index (κ3) is 3.70. The van der Waals surface area contributed by atoms with E-state index in [1.165, 1.54) is 6.07 Å². The molecular weight excluding hydrogens is 256 g/mol. The molecule has 0 atom stereocenters. The van der Waals surface area contributed by atoms with Gasteiger partial charge in [-0.3, -0.25) is 9.59 Å². The number of carbonyl (C=O) groups is 1. The first-order valence-electron chi connectivity index (χ1n) is 7.21. The molecule has 1 aliphatic carbocycles. The number of nitrogens with one attached hydrogen (secondary N) is 2. The van der Waals surface area contributed by atoms with Gasteiger partial charge in [0.05, 0.1) is 5.60 Å². The van der Waals surface area contributed by atoms with Gasteiger partial charge in [0.2, 0.25) is 0 Å². The molecule has 1 fully saturated rings. The van der Waals surface area contributed by atoms with Crippen LogP contribution in [0.3, 0.4) is 0 Å². The Kier molecular flexibility index (Phi) is 4.60. The molecule has 0 aromatic carbocycles. The number of pyridine rings is 1. The first-order valence-corrected chi connectivity index (χ1v) is 7.21. The molecule has 0 spiro atoms. The third-order valence-corrected chi connectivity index (χ3v) is 3.91. The lowest BCUT2D eigenvalue weighted by molar-refractivity contribution is 0.0246. The molecule has 0 radical (unpaired) electrons.